The lowest BCUT2D eigenvalue weighted by Gasteiger charge is -2.06. The maximum Gasteiger partial charge on any atom is 0.123 e. The van der Waals surface area contributed by atoms with Gasteiger partial charge in [0.2, 0.25) is 0 Å². The molecule has 0 amide bonds. The number of nitrogens with one attached hydrogen (secondary N) is 1. The lowest BCUT2D eigenvalue weighted by Crippen LogP contribution is -2.18. The lowest BCUT2D eigenvalue weighted by atomic mass is 10.2. The Bertz CT molecular complexity index is 658. The molecule has 4 heteroatoms. The number of furan rings is 1. The van der Waals surface area contributed by atoms with E-state index in [4.69, 9.17) is 4.42 Å². The predicted octanol–water partition coefficient (Wildman–Crippen LogP) is 3.16. The van der Waals surface area contributed by atoms with Crippen molar-refractivity contribution >= 4 is 10.9 Å². The van der Waals surface area contributed by atoms with Crippen LogP contribution in [0.2, 0.25) is 0 Å². The highest BCUT2D eigenvalue weighted by Gasteiger charge is 2.02. The fourth-order valence-electron chi connectivity index (χ4n) is 2.19. The number of nitrogens with zero attached hydrogens (tertiary/aromatic N) is 1. The van der Waals surface area contributed by atoms with E-state index in [9.17, 15) is 4.39 Å². The summed E-state index contributed by atoms with van der Waals surface area (Å²) in [6.45, 7) is 2.40. The molecule has 1 aromatic carbocycles. The highest BCUT2D eigenvalue weighted by Crippen LogP contribution is 2.16. The molecule has 3 nitrogen and oxygen atoms in total. The zero-order chi connectivity index (χ0) is 13.1. The minimum absolute atomic E-state index is 0.193. The number of fused-ring (bicyclic) bond motifs is 1. The molecule has 0 bridgehead atoms. The highest BCUT2D eigenvalue weighted by molar-refractivity contribution is 5.80. The van der Waals surface area contributed by atoms with Crippen LogP contribution in [0.5, 0.6) is 0 Å². The van der Waals surface area contributed by atoms with Crippen LogP contribution in [0.1, 0.15) is 5.76 Å². The molecule has 0 atom stereocenters. The number of hydrogen-bond acceptors (Lipinski definition) is 2. The topological polar surface area (TPSA) is 30.1 Å². The Hall–Kier alpha value is -2.07. The Kier molecular flexibility index (Phi) is 3.33. The first-order valence-electron chi connectivity index (χ1n) is 6.30. The summed E-state index contributed by atoms with van der Waals surface area (Å²) in [7, 11) is 0. The highest BCUT2D eigenvalue weighted by atomic mass is 19.1. The van der Waals surface area contributed by atoms with Gasteiger partial charge in [0.1, 0.15) is 11.6 Å². The first kappa shape index (κ1) is 12.0. The standard InChI is InChI=1S/C15H15FN2O/c16-13-3-4-15-12(10-13)5-7-18(15)8-6-17-11-14-2-1-9-19-14/h1-5,7,9-10,17H,6,8,11H2. The maximum atomic E-state index is 13.1. The second-order valence-electron chi connectivity index (χ2n) is 4.47. The van der Waals surface area contributed by atoms with Gasteiger partial charge in [0.25, 0.3) is 0 Å². The molecule has 0 radical (unpaired) electrons. The van der Waals surface area contributed by atoms with Gasteiger partial charge in [-0.15, -0.1) is 0 Å². The van der Waals surface area contributed by atoms with E-state index in [1.807, 2.05) is 30.5 Å². The monoisotopic (exact) mass is 258 g/mol. The summed E-state index contributed by atoms with van der Waals surface area (Å²) >= 11 is 0. The summed E-state index contributed by atoms with van der Waals surface area (Å²) in [6.07, 6.45) is 3.66. The van der Waals surface area contributed by atoms with Crippen molar-refractivity contribution in [3.8, 4) is 0 Å². The second-order valence-corrected chi connectivity index (χ2v) is 4.47. The molecule has 0 aliphatic heterocycles. The zero-order valence-electron chi connectivity index (χ0n) is 10.5. The third-order valence-corrected chi connectivity index (χ3v) is 3.14. The zero-order valence-corrected chi connectivity index (χ0v) is 10.5. The first-order valence-corrected chi connectivity index (χ1v) is 6.30. The summed E-state index contributed by atoms with van der Waals surface area (Å²) in [5.74, 6) is 0.737. The van der Waals surface area contributed by atoms with Crippen LogP contribution in [-0.4, -0.2) is 11.1 Å². The average molecular weight is 258 g/mol. The molecule has 98 valence electrons. The Labute approximate surface area is 110 Å². The average Bonchev–Trinajstić information content (AvgIpc) is 3.03. The molecule has 1 N–H and O–H groups in total. The van der Waals surface area contributed by atoms with Crippen LogP contribution in [0.3, 0.4) is 0 Å². The fraction of sp³-hybridized carbons (Fsp3) is 0.200. The van der Waals surface area contributed by atoms with Crippen LogP contribution in [-0.2, 0) is 13.1 Å². The van der Waals surface area contributed by atoms with Gasteiger partial charge in [0.15, 0.2) is 0 Å². The van der Waals surface area contributed by atoms with Crippen molar-refractivity contribution < 1.29 is 8.81 Å². The molecule has 0 aliphatic carbocycles. The Morgan fingerprint density at radius 1 is 1.21 bits per heavy atom. The van der Waals surface area contributed by atoms with Crippen molar-refractivity contribution in [1.82, 2.24) is 9.88 Å². The van der Waals surface area contributed by atoms with Gasteiger partial charge in [-0.25, -0.2) is 4.39 Å². The summed E-state index contributed by atoms with van der Waals surface area (Å²) in [5, 5.41) is 4.25. The van der Waals surface area contributed by atoms with E-state index in [-0.39, 0.29) is 5.82 Å². The summed E-state index contributed by atoms with van der Waals surface area (Å²) in [5.41, 5.74) is 1.06. The van der Waals surface area contributed by atoms with Crippen LogP contribution in [0, 0.1) is 5.82 Å². The van der Waals surface area contributed by atoms with Gasteiger partial charge in [0.05, 0.1) is 12.8 Å². The first-order chi connectivity index (χ1) is 9.33. The molecule has 0 saturated carbocycles. The van der Waals surface area contributed by atoms with Crippen LogP contribution in [0.25, 0.3) is 10.9 Å². The van der Waals surface area contributed by atoms with Crippen molar-refractivity contribution in [2.75, 3.05) is 6.54 Å². The minimum atomic E-state index is -0.193. The SMILES string of the molecule is Fc1ccc2c(ccn2CCNCc2ccco2)c1. The third-order valence-electron chi connectivity index (χ3n) is 3.14. The molecule has 3 rings (SSSR count). The van der Waals surface area contributed by atoms with Gasteiger partial charge in [-0.2, -0.15) is 0 Å². The van der Waals surface area contributed by atoms with E-state index in [0.717, 1.165) is 36.3 Å². The molecule has 3 aromatic rings. The van der Waals surface area contributed by atoms with Crippen LogP contribution in [0.15, 0.2) is 53.3 Å². The fourth-order valence-corrected chi connectivity index (χ4v) is 2.19. The molecule has 0 unspecified atom stereocenters. The molecule has 0 spiro atoms. The van der Waals surface area contributed by atoms with Crippen molar-refractivity contribution in [3.05, 3.63) is 60.4 Å². The number of hydrogen-bond donors (Lipinski definition) is 1. The number of halogens is 1. The smallest absolute Gasteiger partial charge is 0.123 e. The quantitative estimate of drug-likeness (QED) is 0.712. The Morgan fingerprint density at radius 3 is 3.00 bits per heavy atom. The second kappa shape index (κ2) is 5.28. The summed E-state index contributed by atoms with van der Waals surface area (Å²) < 4.78 is 20.4. The number of benzene rings is 1. The van der Waals surface area contributed by atoms with Gasteiger partial charge in [-0.1, -0.05) is 0 Å². The van der Waals surface area contributed by atoms with Crippen LogP contribution in [0.4, 0.5) is 4.39 Å². The predicted molar refractivity (Wildman–Crippen MR) is 72.3 cm³/mol. The van der Waals surface area contributed by atoms with Crippen LogP contribution >= 0.6 is 0 Å². The van der Waals surface area contributed by atoms with Crippen LogP contribution < -0.4 is 5.32 Å². The molecular formula is C15H15FN2O. The summed E-state index contributed by atoms with van der Waals surface area (Å²) in [4.78, 5) is 0. The molecule has 2 aromatic heterocycles. The normalized spacial score (nSPS) is 11.2. The van der Waals surface area contributed by atoms with Crippen molar-refractivity contribution in [2.24, 2.45) is 0 Å². The van der Waals surface area contributed by atoms with E-state index in [1.54, 1.807) is 12.3 Å². The summed E-state index contributed by atoms with van der Waals surface area (Å²) in [6, 6.07) is 10.6. The molecule has 0 fully saturated rings. The van der Waals surface area contributed by atoms with E-state index >= 15 is 0 Å². The van der Waals surface area contributed by atoms with E-state index < -0.39 is 0 Å². The van der Waals surface area contributed by atoms with E-state index in [1.165, 1.54) is 6.07 Å². The van der Waals surface area contributed by atoms with Crippen molar-refractivity contribution in [2.45, 2.75) is 13.1 Å². The molecule has 0 aliphatic rings. The number of rotatable bonds is 5. The Morgan fingerprint density at radius 2 is 2.16 bits per heavy atom. The van der Waals surface area contributed by atoms with Crippen molar-refractivity contribution in [1.29, 1.82) is 0 Å². The third kappa shape index (κ3) is 2.69. The van der Waals surface area contributed by atoms with E-state index in [2.05, 4.69) is 9.88 Å². The largest absolute Gasteiger partial charge is 0.468 e. The molecule has 0 saturated heterocycles. The number of aromatic nitrogens is 1. The van der Waals surface area contributed by atoms with Gasteiger partial charge in [-0.05, 0) is 36.4 Å². The lowest BCUT2D eigenvalue weighted by molar-refractivity contribution is 0.477. The Balaban J connectivity index is 1.59. The molecular weight excluding hydrogens is 243 g/mol. The van der Waals surface area contributed by atoms with Gasteiger partial charge < -0.3 is 14.3 Å². The van der Waals surface area contributed by atoms with Gasteiger partial charge >= 0.3 is 0 Å². The minimum Gasteiger partial charge on any atom is -0.468 e. The van der Waals surface area contributed by atoms with Crippen molar-refractivity contribution in [3.63, 3.8) is 0 Å². The van der Waals surface area contributed by atoms with E-state index in [0.29, 0.717) is 0 Å². The van der Waals surface area contributed by atoms with Gasteiger partial charge in [0, 0.05) is 30.2 Å². The van der Waals surface area contributed by atoms with Gasteiger partial charge in [-0.3, -0.25) is 0 Å². The molecule has 2 heterocycles. The maximum absolute atomic E-state index is 13.1. The molecule has 19 heavy (non-hydrogen) atoms.